The number of hydrogen-bond acceptors (Lipinski definition) is 4. The highest BCUT2D eigenvalue weighted by Crippen LogP contribution is 2.58. The van der Waals surface area contributed by atoms with Gasteiger partial charge in [0.25, 0.3) is 0 Å². The van der Waals surface area contributed by atoms with Crippen molar-refractivity contribution in [2.24, 2.45) is 0 Å². The van der Waals surface area contributed by atoms with Gasteiger partial charge in [-0.15, -0.1) is 0 Å². The molecule has 64 heavy (non-hydrogen) atoms. The number of hydrogen-bond donors (Lipinski definition) is 0. The Labute approximate surface area is 369 Å². The Balaban J connectivity index is 1.08. The van der Waals surface area contributed by atoms with Gasteiger partial charge in [0.15, 0.2) is 17.5 Å². The van der Waals surface area contributed by atoms with E-state index in [2.05, 4.69) is 200 Å². The van der Waals surface area contributed by atoms with Crippen molar-refractivity contribution in [1.29, 1.82) is 0 Å². The second-order valence-electron chi connectivity index (χ2n) is 16.6. The van der Waals surface area contributed by atoms with Crippen molar-refractivity contribution >= 4 is 43.5 Å². The van der Waals surface area contributed by atoms with Gasteiger partial charge in [-0.05, 0) is 84.3 Å². The van der Waals surface area contributed by atoms with E-state index < -0.39 is 5.41 Å². The van der Waals surface area contributed by atoms with Crippen LogP contribution in [0, 0.1) is 0 Å². The summed E-state index contributed by atoms with van der Waals surface area (Å²) in [7, 11) is 0. The van der Waals surface area contributed by atoms with Crippen LogP contribution >= 0.6 is 0 Å². The third-order valence-electron chi connectivity index (χ3n) is 13.2. The summed E-state index contributed by atoms with van der Waals surface area (Å²) in [6.07, 6.45) is 0. The van der Waals surface area contributed by atoms with Crippen molar-refractivity contribution in [3.8, 4) is 56.4 Å². The summed E-state index contributed by atoms with van der Waals surface area (Å²) in [6, 6.07) is 79.9. The average molecular weight is 816 g/mol. The molecule has 0 saturated heterocycles. The molecule has 0 unspecified atom stereocenters. The van der Waals surface area contributed by atoms with Crippen LogP contribution in [0.5, 0.6) is 0 Å². The highest BCUT2D eigenvalue weighted by Gasteiger charge is 2.47. The maximum absolute atomic E-state index is 6.41. The van der Waals surface area contributed by atoms with Crippen LogP contribution in [0.3, 0.4) is 0 Å². The lowest BCUT2D eigenvalue weighted by Crippen LogP contribution is -2.28. The van der Waals surface area contributed by atoms with Crippen molar-refractivity contribution in [2.75, 3.05) is 0 Å². The van der Waals surface area contributed by atoms with E-state index in [4.69, 9.17) is 19.4 Å². The van der Waals surface area contributed by atoms with Crippen LogP contribution in [0.2, 0.25) is 0 Å². The molecule has 12 aromatic rings. The zero-order chi connectivity index (χ0) is 42.2. The molecular formula is C60H37N3O. The number of aromatic nitrogens is 3. The van der Waals surface area contributed by atoms with Gasteiger partial charge in [-0.25, -0.2) is 15.0 Å². The first-order chi connectivity index (χ1) is 31.7. The fraction of sp³-hybridized carbons (Fsp3) is 0.0167. The molecule has 0 atom stereocenters. The summed E-state index contributed by atoms with van der Waals surface area (Å²) >= 11 is 0. The predicted molar refractivity (Wildman–Crippen MR) is 261 cm³/mol. The molecular weight excluding hydrogens is 779 g/mol. The molecule has 1 aliphatic rings. The molecule has 4 nitrogen and oxygen atoms in total. The molecule has 0 N–H and O–H groups in total. The number of fused-ring (bicyclic) bond motifs is 9. The fourth-order valence-electron chi connectivity index (χ4n) is 10.5. The van der Waals surface area contributed by atoms with Gasteiger partial charge >= 0.3 is 0 Å². The monoisotopic (exact) mass is 815 g/mol. The highest BCUT2D eigenvalue weighted by molar-refractivity contribution is 6.15. The minimum absolute atomic E-state index is 0.568. The topological polar surface area (TPSA) is 51.8 Å². The molecule has 0 saturated carbocycles. The third-order valence-corrected chi connectivity index (χ3v) is 13.2. The number of nitrogens with zero attached hydrogens (tertiary/aromatic N) is 3. The number of furan rings is 1. The SMILES string of the molecule is c1ccc(C2(c3ccccc3)c3ccccc3-c3c(-c4nc(-c5cccc(-c6cccc7ccc8ccccc8c67)c5)nc(-c5cccc6oc7ccccc7c56)n4)cccc32)cc1. The Morgan fingerprint density at radius 1 is 0.328 bits per heavy atom. The second kappa shape index (κ2) is 14.3. The fourth-order valence-corrected chi connectivity index (χ4v) is 10.5. The molecule has 4 heteroatoms. The van der Waals surface area contributed by atoms with Gasteiger partial charge in [-0.1, -0.05) is 206 Å². The summed E-state index contributed by atoms with van der Waals surface area (Å²) in [4.78, 5) is 16.3. The van der Waals surface area contributed by atoms with Crippen molar-refractivity contribution in [2.45, 2.75) is 5.41 Å². The van der Waals surface area contributed by atoms with Gasteiger partial charge in [-0.2, -0.15) is 0 Å². The Bertz CT molecular complexity index is 3760. The number of benzene rings is 10. The zero-order valence-electron chi connectivity index (χ0n) is 34.6. The lowest BCUT2D eigenvalue weighted by atomic mass is 9.67. The number of para-hydroxylation sites is 1. The quantitative estimate of drug-likeness (QED) is 0.157. The van der Waals surface area contributed by atoms with Crippen LogP contribution in [0.15, 0.2) is 229 Å². The van der Waals surface area contributed by atoms with Crippen LogP contribution in [-0.2, 0) is 5.41 Å². The van der Waals surface area contributed by atoms with E-state index in [-0.39, 0.29) is 0 Å². The average Bonchev–Trinajstić information content (AvgIpc) is 3.91. The van der Waals surface area contributed by atoms with E-state index in [1.165, 1.54) is 43.8 Å². The van der Waals surface area contributed by atoms with Crippen LogP contribution < -0.4 is 0 Å². The van der Waals surface area contributed by atoms with E-state index in [0.29, 0.717) is 17.5 Å². The van der Waals surface area contributed by atoms with Gasteiger partial charge in [-0.3, -0.25) is 0 Å². The Kier molecular flexibility index (Phi) is 8.09. The molecule has 2 heterocycles. The summed E-state index contributed by atoms with van der Waals surface area (Å²) in [5.41, 5.74) is 13.2. The molecule has 0 radical (unpaired) electrons. The van der Waals surface area contributed by atoms with E-state index in [1.54, 1.807) is 0 Å². The Morgan fingerprint density at radius 2 is 0.875 bits per heavy atom. The Hall–Kier alpha value is -8.47. The van der Waals surface area contributed by atoms with Gasteiger partial charge in [0.1, 0.15) is 11.2 Å². The van der Waals surface area contributed by atoms with Crippen LogP contribution in [-0.4, -0.2) is 15.0 Å². The molecule has 2 aromatic heterocycles. The number of rotatable bonds is 6. The molecule has 1 aliphatic carbocycles. The summed E-state index contributed by atoms with van der Waals surface area (Å²) in [6.45, 7) is 0. The predicted octanol–water partition coefficient (Wildman–Crippen LogP) is 15.1. The van der Waals surface area contributed by atoms with Gasteiger partial charge in [0.05, 0.1) is 5.41 Å². The highest BCUT2D eigenvalue weighted by atomic mass is 16.3. The van der Waals surface area contributed by atoms with Crippen LogP contribution in [0.25, 0.3) is 99.9 Å². The Morgan fingerprint density at radius 3 is 1.72 bits per heavy atom. The van der Waals surface area contributed by atoms with Gasteiger partial charge < -0.3 is 4.42 Å². The molecule has 0 aliphatic heterocycles. The van der Waals surface area contributed by atoms with Crippen molar-refractivity contribution in [3.63, 3.8) is 0 Å². The van der Waals surface area contributed by atoms with E-state index in [0.717, 1.165) is 60.9 Å². The van der Waals surface area contributed by atoms with Crippen LogP contribution in [0.1, 0.15) is 22.3 Å². The van der Waals surface area contributed by atoms with Gasteiger partial charge in [0, 0.05) is 27.5 Å². The van der Waals surface area contributed by atoms with Crippen molar-refractivity contribution in [1.82, 2.24) is 15.0 Å². The summed E-state index contributed by atoms with van der Waals surface area (Å²) in [5, 5.41) is 6.87. The first kappa shape index (κ1) is 36.2. The first-order valence-electron chi connectivity index (χ1n) is 21.8. The molecule has 0 spiro atoms. The van der Waals surface area contributed by atoms with Crippen molar-refractivity contribution < 1.29 is 4.42 Å². The molecule has 10 aromatic carbocycles. The minimum Gasteiger partial charge on any atom is -0.456 e. The molecule has 0 bridgehead atoms. The van der Waals surface area contributed by atoms with E-state index in [9.17, 15) is 0 Å². The smallest absolute Gasteiger partial charge is 0.164 e. The lowest BCUT2D eigenvalue weighted by molar-refractivity contribution is 0.669. The third kappa shape index (κ3) is 5.39. The minimum atomic E-state index is -0.568. The van der Waals surface area contributed by atoms with Crippen molar-refractivity contribution in [3.05, 3.63) is 247 Å². The maximum atomic E-state index is 6.41. The molecule has 13 rings (SSSR count). The van der Waals surface area contributed by atoms with Gasteiger partial charge in [0.2, 0.25) is 0 Å². The van der Waals surface area contributed by atoms with Crippen LogP contribution in [0.4, 0.5) is 0 Å². The van der Waals surface area contributed by atoms with E-state index >= 15 is 0 Å². The molecule has 0 amide bonds. The summed E-state index contributed by atoms with van der Waals surface area (Å²) < 4.78 is 6.41. The zero-order valence-corrected chi connectivity index (χ0v) is 34.6. The molecule has 0 fully saturated rings. The maximum Gasteiger partial charge on any atom is 0.164 e. The first-order valence-corrected chi connectivity index (χ1v) is 21.8. The molecule has 298 valence electrons. The normalized spacial score (nSPS) is 12.8. The standard InChI is InChI=1S/C60H37N3O/c1-3-21-42(22-4-1)60(43-23-5-2-6-24-43)50-31-11-9-26-46(50)55-48(29-15-32-51(55)60)58-61-57(62-59(63-58)49-30-16-34-53-56(49)47-27-10-12-33-52(47)64-53)41-20-13-19-40(37-41)45-28-14-18-39-36-35-38-17-7-8-25-44(38)54(39)45/h1-37H. The summed E-state index contributed by atoms with van der Waals surface area (Å²) in [5.74, 6) is 1.79. The van der Waals surface area contributed by atoms with E-state index in [1.807, 2.05) is 24.3 Å². The lowest BCUT2D eigenvalue weighted by Gasteiger charge is -2.33. The second-order valence-corrected chi connectivity index (χ2v) is 16.6. The largest absolute Gasteiger partial charge is 0.456 e.